The van der Waals surface area contributed by atoms with Crippen molar-refractivity contribution < 1.29 is 17.9 Å². The van der Waals surface area contributed by atoms with Gasteiger partial charge in [0.2, 0.25) is 5.11 Å². The highest BCUT2D eigenvalue weighted by Crippen LogP contribution is 2.25. The number of aryl methyl sites for hydroxylation is 1. The number of halogens is 3. The molecule has 0 spiro atoms. The fourth-order valence-electron chi connectivity index (χ4n) is 4.50. The van der Waals surface area contributed by atoms with Gasteiger partial charge in [-0.05, 0) is 79.0 Å². The SMILES string of the molecule is Cc1ccc(C(C)C)c(-n2ccsc2=NC(=S)NNC(C)c2ccc(-c3ncn(-c4ccc(OC(F)(F)F)cc4)n3)cc2)c1. The van der Waals surface area contributed by atoms with Crippen molar-refractivity contribution in [3.05, 3.63) is 106 Å². The molecule has 2 N–H and O–H groups in total. The molecule has 0 aliphatic rings. The lowest BCUT2D eigenvalue weighted by atomic mass is 9.99. The van der Waals surface area contributed by atoms with Gasteiger partial charge in [-0.1, -0.05) is 50.2 Å². The molecule has 0 fully saturated rings. The average Bonchev–Trinajstić information content (AvgIpc) is 3.66. The van der Waals surface area contributed by atoms with Crippen molar-refractivity contribution in [2.24, 2.45) is 4.99 Å². The molecule has 228 valence electrons. The van der Waals surface area contributed by atoms with Gasteiger partial charge in [0.1, 0.15) is 12.1 Å². The molecule has 5 rings (SSSR count). The fourth-order valence-corrected chi connectivity index (χ4v) is 5.42. The third kappa shape index (κ3) is 7.59. The molecule has 0 radical (unpaired) electrons. The molecule has 8 nitrogen and oxygen atoms in total. The Balaban J connectivity index is 1.22. The van der Waals surface area contributed by atoms with Gasteiger partial charge in [0, 0.05) is 23.2 Å². The molecule has 5 aromatic rings. The number of nitrogens with one attached hydrogen (secondary N) is 2. The number of ether oxygens (including phenoxy) is 1. The van der Waals surface area contributed by atoms with Crippen LogP contribution in [0, 0.1) is 6.92 Å². The Morgan fingerprint density at radius 3 is 2.43 bits per heavy atom. The highest BCUT2D eigenvalue weighted by Gasteiger charge is 2.31. The van der Waals surface area contributed by atoms with Crippen molar-refractivity contribution >= 4 is 28.7 Å². The van der Waals surface area contributed by atoms with Gasteiger partial charge in [-0.3, -0.25) is 9.99 Å². The highest BCUT2D eigenvalue weighted by atomic mass is 32.1. The summed E-state index contributed by atoms with van der Waals surface area (Å²) in [5.74, 6) is 0.532. The number of benzene rings is 3. The van der Waals surface area contributed by atoms with E-state index in [1.165, 1.54) is 57.7 Å². The molecule has 0 saturated heterocycles. The Kier molecular flexibility index (Phi) is 9.28. The zero-order chi connectivity index (χ0) is 31.4. The Labute approximate surface area is 261 Å². The van der Waals surface area contributed by atoms with Crippen molar-refractivity contribution in [1.29, 1.82) is 0 Å². The smallest absolute Gasteiger partial charge is 0.406 e. The Morgan fingerprint density at radius 1 is 1.02 bits per heavy atom. The second-order valence-corrected chi connectivity index (χ2v) is 11.6. The second-order valence-electron chi connectivity index (χ2n) is 10.4. The number of nitrogens with zero attached hydrogens (tertiary/aromatic N) is 5. The molecule has 0 aliphatic heterocycles. The average molecular weight is 638 g/mol. The number of thiazole rings is 1. The first-order chi connectivity index (χ1) is 21.0. The first kappa shape index (κ1) is 31.1. The van der Waals surface area contributed by atoms with E-state index in [-0.39, 0.29) is 11.8 Å². The number of aromatic nitrogens is 4. The Bertz CT molecular complexity index is 1810. The zero-order valence-corrected chi connectivity index (χ0v) is 26.0. The highest BCUT2D eigenvalue weighted by molar-refractivity contribution is 7.80. The normalized spacial score (nSPS) is 12.9. The monoisotopic (exact) mass is 637 g/mol. The quantitative estimate of drug-likeness (QED) is 0.139. The molecule has 3 aromatic carbocycles. The van der Waals surface area contributed by atoms with Crippen molar-refractivity contribution in [2.45, 2.75) is 46.0 Å². The van der Waals surface area contributed by atoms with Crippen LogP contribution >= 0.6 is 23.6 Å². The lowest BCUT2D eigenvalue weighted by Crippen LogP contribution is -2.38. The summed E-state index contributed by atoms with van der Waals surface area (Å²) >= 11 is 7.04. The maximum Gasteiger partial charge on any atom is 0.573 e. The van der Waals surface area contributed by atoms with Crippen LogP contribution in [0.2, 0.25) is 0 Å². The maximum atomic E-state index is 12.4. The lowest BCUT2D eigenvalue weighted by molar-refractivity contribution is -0.274. The minimum Gasteiger partial charge on any atom is -0.406 e. The third-order valence-electron chi connectivity index (χ3n) is 6.75. The van der Waals surface area contributed by atoms with Crippen LogP contribution in [-0.4, -0.2) is 30.8 Å². The van der Waals surface area contributed by atoms with E-state index in [1.807, 2.05) is 42.8 Å². The van der Waals surface area contributed by atoms with Crippen LogP contribution in [0.5, 0.6) is 5.75 Å². The van der Waals surface area contributed by atoms with Gasteiger partial charge >= 0.3 is 6.36 Å². The van der Waals surface area contributed by atoms with Gasteiger partial charge in [-0.15, -0.1) is 29.6 Å². The molecule has 1 unspecified atom stereocenters. The Hall–Kier alpha value is -4.33. The van der Waals surface area contributed by atoms with Gasteiger partial charge in [-0.2, -0.15) is 4.99 Å². The molecular weight excluding hydrogens is 608 g/mol. The fraction of sp³-hybridized carbons (Fsp3) is 0.226. The van der Waals surface area contributed by atoms with E-state index in [0.717, 1.165) is 21.6 Å². The molecule has 13 heteroatoms. The van der Waals surface area contributed by atoms with Crippen molar-refractivity contribution in [2.75, 3.05) is 0 Å². The predicted molar refractivity (Wildman–Crippen MR) is 169 cm³/mol. The summed E-state index contributed by atoms with van der Waals surface area (Å²) in [5, 5.41) is 6.77. The van der Waals surface area contributed by atoms with Gasteiger partial charge in [0.25, 0.3) is 0 Å². The van der Waals surface area contributed by atoms with Gasteiger partial charge in [-0.25, -0.2) is 15.1 Å². The van der Waals surface area contributed by atoms with E-state index in [4.69, 9.17) is 12.2 Å². The van der Waals surface area contributed by atoms with E-state index in [2.05, 4.69) is 74.2 Å². The minimum atomic E-state index is -4.74. The van der Waals surface area contributed by atoms with Crippen LogP contribution in [0.15, 0.2) is 89.6 Å². The molecule has 2 heterocycles. The molecule has 44 heavy (non-hydrogen) atoms. The molecule has 0 saturated carbocycles. The summed E-state index contributed by atoms with van der Waals surface area (Å²) in [6.07, 6.45) is -1.24. The van der Waals surface area contributed by atoms with Crippen molar-refractivity contribution in [3.8, 4) is 28.5 Å². The maximum absolute atomic E-state index is 12.4. The zero-order valence-electron chi connectivity index (χ0n) is 24.3. The molecule has 0 bridgehead atoms. The molecule has 0 amide bonds. The molecule has 2 aromatic heterocycles. The van der Waals surface area contributed by atoms with Crippen LogP contribution < -0.4 is 20.4 Å². The summed E-state index contributed by atoms with van der Waals surface area (Å²) < 4.78 is 44.7. The first-order valence-corrected chi connectivity index (χ1v) is 15.0. The van der Waals surface area contributed by atoms with E-state index < -0.39 is 6.36 Å². The van der Waals surface area contributed by atoms with Crippen LogP contribution in [-0.2, 0) is 0 Å². The van der Waals surface area contributed by atoms with Crippen LogP contribution in [0.25, 0.3) is 22.8 Å². The number of thiocarbonyl (C=S) groups is 1. The summed E-state index contributed by atoms with van der Waals surface area (Å²) in [6.45, 7) is 8.42. The van der Waals surface area contributed by atoms with E-state index in [1.54, 1.807) is 0 Å². The van der Waals surface area contributed by atoms with Gasteiger partial charge in [0.15, 0.2) is 10.6 Å². The summed E-state index contributed by atoms with van der Waals surface area (Å²) in [5.41, 5.74) is 12.1. The largest absolute Gasteiger partial charge is 0.573 e. The second kappa shape index (κ2) is 13.1. The van der Waals surface area contributed by atoms with Crippen molar-refractivity contribution in [1.82, 2.24) is 30.2 Å². The van der Waals surface area contributed by atoms with E-state index >= 15 is 0 Å². The number of hydrogen-bond acceptors (Lipinski definition) is 6. The first-order valence-electron chi connectivity index (χ1n) is 13.7. The minimum absolute atomic E-state index is 0.0973. The summed E-state index contributed by atoms with van der Waals surface area (Å²) in [7, 11) is 0. The van der Waals surface area contributed by atoms with Gasteiger partial charge in [0.05, 0.1) is 11.4 Å². The topological polar surface area (TPSA) is 81.3 Å². The summed E-state index contributed by atoms with van der Waals surface area (Å²) in [4.78, 5) is 9.77. The molecular formula is C31H30F3N7OS2. The van der Waals surface area contributed by atoms with Crippen LogP contribution in [0.4, 0.5) is 13.2 Å². The van der Waals surface area contributed by atoms with Crippen molar-refractivity contribution in [3.63, 3.8) is 0 Å². The van der Waals surface area contributed by atoms with E-state index in [9.17, 15) is 13.2 Å². The molecule has 1 atom stereocenters. The van der Waals surface area contributed by atoms with Crippen LogP contribution in [0.3, 0.4) is 0 Å². The number of hydrazine groups is 1. The van der Waals surface area contributed by atoms with Gasteiger partial charge < -0.3 is 4.74 Å². The molecule has 0 aliphatic carbocycles. The standard InChI is InChI=1S/C31H30F3N7OS2/c1-19(2)26-14-5-20(3)17-27(26)40-15-16-44-30(40)36-29(43)38-37-21(4)22-6-8-23(9-7-22)28-35-18-41(39-28)24-10-12-25(13-11-24)42-31(32,33)34/h5-19,21,37H,1-4H3,(H,38,43). The Morgan fingerprint density at radius 2 is 1.75 bits per heavy atom. The van der Waals surface area contributed by atoms with Crippen LogP contribution in [0.1, 0.15) is 49.4 Å². The summed E-state index contributed by atoms with van der Waals surface area (Å²) in [6, 6.07) is 19.5. The lowest BCUT2D eigenvalue weighted by Gasteiger charge is -2.16. The number of rotatable bonds is 8. The van der Waals surface area contributed by atoms with E-state index in [0.29, 0.717) is 22.5 Å². The number of hydrogen-bond donors (Lipinski definition) is 2. The predicted octanol–water partition coefficient (Wildman–Crippen LogP) is 7.16. The number of alkyl halides is 3. The third-order valence-corrected chi connectivity index (χ3v) is 7.70.